The molecule has 0 spiro atoms. The van der Waals surface area contributed by atoms with Gasteiger partial charge in [-0.25, -0.2) is 0 Å². The highest BCUT2D eigenvalue weighted by atomic mass is 35.5. The third kappa shape index (κ3) is 5.71. The van der Waals surface area contributed by atoms with Crippen LogP contribution in [0.3, 0.4) is 0 Å². The summed E-state index contributed by atoms with van der Waals surface area (Å²) in [6.07, 6.45) is 0.334. The molecule has 1 heterocycles. The third-order valence-corrected chi connectivity index (χ3v) is 5.14. The Morgan fingerprint density at radius 2 is 1.50 bits per heavy atom. The number of methoxy groups -OCH3 is 1. The van der Waals surface area contributed by atoms with Crippen LogP contribution in [-0.4, -0.2) is 60.8 Å². The van der Waals surface area contributed by atoms with E-state index in [0.29, 0.717) is 6.42 Å². The van der Waals surface area contributed by atoms with Crippen molar-refractivity contribution in [3.05, 3.63) is 64.7 Å². The van der Waals surface area contributed by atoms with E-state index >= 15 is 0 Å². The fourth-order valence-electron chi connectivity index (χ4n) is 3.37. The summed E-state index contributed by atoms with van der Waals surface area (Å²) in [6.45, 7) is 5.72. The Balaban J connectivity index is 1.40. The number of hydrogen-bond donors (Lipinski definition) is 1. The van der Waals surface area contributed by atoms with Crippen molar-refractivity contribution in [1.29, 1.82) is 0 Å². The summed E-state index contributed by atoms with van der Waals surface area (Å²) < 4.78 is 5.17. The van der Waals surface area contributed by atoms with Gasteiger partial charge in [-0.3, -0.25) is 9.80 Å². The topological polar surface area (TPSA) is 35.9 Å². The Bertz CT molecular complexity index is 667. The molecule has 1 N–H and O–H groups in total. The summed E-state index contributed by atoms with van der Waals surface area (Å²) in [5, 5.41) is 11.2. The molecule has 4 nitrogen and oxygen atoms in total. The standard InChI is InChI=1S/C21H27ClN2O2/c1-26-21-8-4-17(5-9-21)14-20(25)16-24-12-10-23(11-13-24)15-18-2-6-19(22)7-3-18/h2-9,20,25H,10-16H2,1H3. The van der Waals surface area contributed by atoms with Gasteiger partial charge in [-0.2, -0.15) is 0 Å². The fourth-order valence-corrected chi connectivity index (χ4v) is 3.50. The average Bonchev–Trinajstić information content (AvgIpc) is 2.66. The number of benzene rings is 2. The molecule has 0 bridgehead atoms. The number of β-amino-alcohol motifs (C(OH)–C–C–N with tert-alkyl or cyclic N) is 1. The molecule has 1 aliphatic rings. The maximum absolute atomic E-state index is 10.4. The van der Waals surface area contributed by atoms with Gasteiger partial charge in [0, 0.05) is 44.3 Å². The van der Waals surface area contributed by atoms with Crippen LogP contribution in [0.1, 0.15) is 11.1 Å². The van der Waals surface area contributed by atoms with Gasteiger partial charge in [-0.15, -0.1) is 0 Å². The van der Waals surface area contributed by atoms with E-state index < -0.39 is 0 Å². The van der Waals surface area contributed by atoms with Crippen molar-refractivity contribution in [2.24, 2.45) is 0 Å². The minimum atomic E-state index is -0.341. The van der Waals surface area contributed by atoms with Crippen LogP contribution in [0.4, 0.5) is 0 Å². The molecule has 3 rings (SSSR count). The first kappa shape index (κ1) is 19.2. The van der Waals surface area contributed by atoms with Gasteiger partial charge in [-0.05, 0) is 41.8 Å². The van der Waals surface area contributed by atoms with Crippen LogP contribution in [0.5, 0.6) is 5.75 Å². The zero-order valence-electron chi connectivity index (χ0n) is 15.3. The van der Waals surface area contributed by atoms with Crippen molar-refractivity contribution in [1.82, 2.24) is 9.80 Å². The number of nitrogens with zero attached hydrogens (tertiary/aromatic N) is 2. The largest absolute Gasteiger partial charge is 0.497 e. The molecule has 140 valence electrons. The lowest BCUT2D eigenvalue weighted by molar-refractivity contribution is 0.0704. The van der Waals surface area contributed by atoms with E-state index in [0.717, 1.165) is 55.6 Å². The second kappa shape index (κ2) is 9.38. The van der Waals surface area contributed by atoms with Crippen molar-refractivity contribution >= 4 is 11.6 Å². The summed E-state index contributed by atoms with van der Waals surface area (Å²) in [7, 11) is 1.66. The van der Waals surface area contributed by atoms with Crippen molar-refractivity contribution in [3.63, 3.8) is 0 Å². The van der Waals surface area contributed by atoms with Crippen molar-refractivity contribution in [2.45, 2.75) is 19.1 Å². The molecule has 5 heteroatoms. The van der Waals surface area contributed by atoms with E-state index in [4.69, 9.17) is 16.3 Å². The van der Waals surface area contributed by atoms with Gasteiger partial charge in [0.05, 0.1) is 13.2 Å². The molecule has 1 fully saturated rings. The maximum atomic E-state index is 10.4. The minimum Gasteiger partial charge on any atom is -0.497 e. The van der Waals surface area contributed by atoms with E-state index in [1.807, 2.05) is 36.4 Å². The smallest absolute Gasteiger partial charge is 0.118 e. The van der Waals surface area contributed by atoms with Gasteiger partial charge < -0.3 is 9.84 Å². The normalized spacial score (nSPS) is 17.2. The number of aliphatic hydroxyl groups is 1. The maximum Gasteiger partial charge on any atom is 0.118 e. The second-order valence-electron chi connectivity index (χ2n) is 6.91. The lowest BCUT2D eigenvalue weighted by Gasteiger charge is -2.35. The minimum absolute atomic E-state index is 0.341. The number of hydrogen-bond acceptors (Lipinski definition) is 4. The summed E-state index contributed by atoms with van der Waals surface area (Å²) in [5.41, 5.74) is 2.43. The average molecular weight is 375 g/mol. The molecule has 0 saturated carbocycles. The summed E-state index contributed by atoms with van der Waals surface area (Å²) in [5.74, 6) is 0.847. The van der Waals surface area contributed by atoms with Crippen molar-refractivity contribution < 1.29 is 9.84 Å². The van der Waals surface area contributed by atoms with E-state index in [1.165, 1.54) is 5.56 Å². The van der Waals surface area contributed by atoms with Crippen LogP contribution in [0, 0.1) is 0 Å². The third-order valence-electron chi connectivity index (χ3n) is 4.88. The number of halogens is 1. The molecule has 26 heavy (non-hydrogen) atoms. The Morgan fingerprint density at radius 3 is 2.12 bits per heavy atom. The van der Waals surface area contributed by atoms with E-state index in [9.17, 15) is 5.11 Å². The first-order chi connectivity index (χ1) is 12.6. The summed E-state index contributed by atoms with van der Waals surface area (Å²) >= 11 is 5.94. The molecule has 2 aromatic rings. The lowest BCUT2D eigenvalue weighted by Crippen LogP contribution is -2.48. The molecule has 1 saturated heterocycles. The molecule has 0 amide bonds. The van der Waals surface area contributed by atoms with E-state index in [-0.39, 0.29) is 6.10 Å². The number of piperazine rings is 1. The first-order valence-electron chi connectivity index (χ1n) is 9.12. The molecule has 1 unspecified atom stereocenters. The van der Waals surface area contributed by atoms with Crippen LogP contribution in [-0.2, 0) is 13.0 Å². The van der Waals surface area contributed by atoms with Crippen LogP contribution < -0.4 is 4.74 Å². The molecular formula is C21H27ClN2O2. The summed E-state index contributed by atoms with van der Waals surface area (Å²) in [6, 6.07) is 16.0. The van der Waals surface area contributed by atoms with Gasteiger partial charge in [0.25, 0.3) is 0 Å². The molecule has 0 radical (unpaired) electrons. The lowest BCUT2D eigenvalue weighted by atomic mass is 10.1. The van der Waals surface area contributed by atoms with Gasteiger partial charge in [0.1, 0.15) is 5.75 Å². The number of ether oxygens (including phenoxy) is 1. The Morgan fingerprint density at radius 1 is 0.923 bits per heavy atom. The van der Waals surface area contributed by atoms with Gasteiger partial charge in [0.15, 0.2) is 0 Å². The van der Waals surface area contributed by atoms with Gasteiger partial charge >= 0.3 is 0 Å². The first-order valence-corrected chi connectivity index (χ1v) is 9.50. The van der Waals surface area contributed by atoms with E-state index in [1.54, 1.807) is 7.11 Å². The molecule has 1 aliphatic heterocycles. The van der Waals surface area contributed by atoms with Crippen LogP contribution in [0.2, 0.25) is 5.02 Å². The van der Waals surface area contributed by atoms with Crippen molar-refractivity contribution in [2.75, 3.05) is 39.8 Å². The predicted octanol–water partition coefficient (Wildman–Crippen LogP) is 3.07. The molecule has 0 aromatic heterocycles. The van der Waals surface area contributed by atoms with Gasteiger partial charge in [0.2, 0.25) is 0 Å². The summed E-state index contributed by atoms with van der Waals surface area (Å²) in [4.78, 5) is 4.81. The van der Waals surface area contributed by atoms with E-state index in [2.05, 4.69) is 21.9 Å². The Kier molecular flexibility index (Phi) is 6.92. The monoisotopic (exact) mass is 374 g/mol. The molecular weight excluding hydrogens is 348 g/mol. The molecule has 2 aromatic carbocycles. The second-order valence-corrected chi connectivity index (χ2v) is 7.35. The zero-order valence-corrected chi connectivity index (χ0v) is 16.0. The predicted molar refractivity (Wildman–Crippen MR) is 106 cm³/mol. The van der Waals surface area contributed by atoms with Crippen molar-refractivity contribution in [3.8, 4) is 5.75 Å². The number of aliphatic hydroxyl groups excluding tert-OH is 1. The molecule has 1 atom stereocenters. The highest BCUT2D eigenvalue weighted by molar-refractivity contribution is 6.30. The van der Waals surface area contributed by atoms with Gasteiger partial charge in [-0.1, -0.05) is 35.9 Å². The van der Waals surface area contributed by atoms with Crippen LogP contribution in [0.25, 0.3) is 0 Å². The van der Waals surface area contributed by atoms with Crippen LogP contribution >= 0.6 is 11.6 Å². The highest BCUT2D eigenvalue weighted by Crippen LogP contribution is 2.15. The molecule has 0 aliphatic carbocycles. The number of rotatable bonds is 7. The zero-order chi connectivity index (χ0) is 18.4. The Hall–Kier alpha value is -1.59. The fraction of sp³-hybridized carbons (Fsp3) is 0.429. The SMILES string of the molecule is COc1ccc(CC(O)CN2CCN(Cc3ccc(Cl)cc3)CC2)cc1. The quantitative estimate of drug-likeness (QED) is 0.808. The van der Waals surface area contributed by atoms with Crippen LogP contribution in [0.15, 0.2) is 48.5 Å². The Labute approximate surface area is 160 Å². The highest BCUT2D eigenvalue weighted by Gasteiger charge is 2.19.